The Kier molecular flexibility index (Phi) is 7.47. The highest BCUT2D eigenvalue weighted by molar-refractivity contribution is 5.83. The van der Waals surface area contributed by atoms with Gasteiger partial charge in [-0.1, -0.05) is 48.5 Å². The lowest BCUT2D eigenvalue weighted by molar-refractivity contribution is -0.142. The van der Waals surface area contributed by atoms with Gasteiger partial charge in [-0.2, -0.15) is 0 Å². The van der Waals surface area contributed by atoms with Gasteiger partial charge in [0.2, 0.25) is 5.91 Å². The Morgan fingerprint density at radius 2 is 1.65 bits per heavy atom. The van der Waals surface area contributed by atoms with Crippen molar-refractivity contribution in [3.05, 3.63) is 59.7 Å². The molecule has 0 radical (unpaired) electrons. The smallest absolute Gasteiger partial charge is 0.407 e. The number of ether oxygens (including phenoxy) is 1. The van der Waals surface area contributed by atoms with Gasteiger partial charge in [-0.15, -0.1) is 0 Å². The molecule has 3 atom stereocenters. The van der Waals surface area contributed by atoms with Gasteiger partial charge in [-0.05, 0) is 47.4 Å². The second-order valence-corrected chi connectivity index (χ2v) is 9.02. The van der Waals surface area contributed by atoms with E-state index in [2.05, 4.69) is 34.9 Å². The Balaban J connectivity index is 1.25. The van der Waals surface area contributed by atoms with E-state index in [4.69, 9.17) is 14.9 Å². The van der Waals surface area contributed by atoms with Crippen LogP contribution in [-0.4, -0.2) is 53.5 Å². The molecule has 2 aliphatic carbocycles. The number of alkyl carbamates (subject to hydrolysis) is 1. The predicted molar refractivity (Wildman–Crippen MR) is 125 cm³/mol. The van der Waals surface area contributed by atoms with Crippen molar-refractivity contribution in [3.8, 4) is 11.1 Å². The van der Waals surface area contributed by atoms with E-state index in [0.717, 1.165) is 24.0 Å². The molecule has 0 heterocycles. The summed E-state index contributed by atoms with van der Waals surface area (Å²) in [6, 6.07) is 15.2. The topological polar surface area (TPSA) is 125 Å². The van der Waals surface area contributed by atoms with Gasteiger partial charge in [-0.3, -0.25) is 4.79 Å². The van der Waals surface area contributed by atoms with E-state index >= 15 is 0 Å². The molecule has 8 nitrogen and oxygen atoms in total. The zero-order valence-electron chi connectivity index (χ0n) is 18.9. The fourth-order valence-electron chi connectivity index (χ4n) is 5.10. The molecule has 1 fully saturated rings. The number of benzene rings is 2. The molecule has 1 saturated carbocycles. The molecule has 2 amide bonds. The predicted octanol–water partition coefficient (Wildman–Crippen LogP) is 3.04. The van der Waals surface area contributed by atoms with Crippen LogP contribution in [0.5, 0.6) is 0 Å². The average Bonchev–Trinajstić information content (AvgIpc) is 3.39. The number of fused-ring (bicyclic) bond motifs is 3. The van der Waals surface area contributed by atoms with Crippen LogP contribution in [0.4, 0.5) is 4.79 Å². The first-order valence-electron chi connectivity index (χ1n) is 11.7. The van der Waals surface area contributed by atoms with Crippen molar-refractivity contribution in [1.29, 1.82) is 0 Å². The Bertz CT molecular complexity index is 1010. The van der Waals surface area contributed by atoms with E-state index in [1.54, 1.807) is 0 Å². The molecule has 2 aromatic carbocycles. The van der Waals surface area contributed by atoms with Crippen molar-refractivity contribution in [2.24, 2.45) is 5.92 Å². The zero-order valence-corrected chi connectivity index (χ0v) is 18.9. The zero-order chi connectivity index (χ0) is 24.1. The number of aliphatic hydroxyl groups excluding tert-OH is 1. The summed E-state index contributed by atoms with van der Waals surface area (Å²) >= 11 is 0. The van der Waals surface area contributed by atoms with Gasteiger partial charge in [0.15, 0.2) is 0 Å². The van der Waals surface area contributed by atoms with E-state index in [-0.39, 0.29) is 49.8 Å². The third-order valence-corrected chi connectivity index (χ3v) is 6.73. The minimum absolute atomic E-state index is 0.000672. The third kappa shape index (κ3) is 5.39. The SMILES string of the molecule is O=C(C[C@H]1CC[C@@H](NC(=O)OCC2c3ccccc3-c3ccccc32)C1)N[C@H](CCO)C(=O)O. The molecule has 0 aromatic heterocycles. The van der Waals surface area contributed by atoms with Crippen LogP contribution in [-0.2, 0) is 14.3 Å². The highest BCUT2D eigenvalue weighted by Crippen LogP contribution is 2.44. The maximum Gasteiger partial charge on any atom is 0.407 e. The number of amides is 2. The van der Waals surface area contributed by atoms with Gasteiger partial charge in [-0.25, -0.2) is 9.59 Å². The maximum atomic E-state index is 12.5. The summed E-state index contributed by atoms with van der Waals surface area (Å²) in [6.45, 7) is -0.0628. The maximum absolute atomic E-state index is 12.5. The lowest BCUT2D eigenvalue weighted by Gasteiger charge is -2.17. The molecule has 0 aliphatic heterocycles. The molecule has 180 valence electrons. The fraction of sp³-hybridized carbons (Fsp3) is 0.423. The molecule has 0 saturated heterocycles. The highest BCUT2D eigenvalue weighted by Gasteiger charge is 2.31. The van der Waals surface area contributed by atoms with Crippen molar-refractivity contribution < 1.29 is 29.3 Å². The fourth-order valence-corrected chi connectivity index (χ4v) is 5.10. The van der Waals surface area contributed by atoms with E-state index in [1.165, 1.54) is 11.1 Å². The summed E-state index contributed by atoms with van der Waals surface area (Å²) in [4.78, 5) is 35.8. The summed E-state index contributed by atoms with van der Waals surface area (Å²) in [5.74, 6) is -1.46. The summed E-state index contributed by atoms with van der Waals surface area (Å²) in [5, 5.41) is 23.4. The van der Waals surface area contributed by atoms with Crippen LogP contribution in [0.3, 0.4) is 0 Å². The first-order chi connectivity index (χ1) is 16.5. The molecule has 0 spiro atoms. The van der Waals surface area contributed by atoms with Crippen molar-refractivity contribution in [3.63, 3.8) is 0 Å². The Hall–Kier alpha value is -3.39. The summed E-state index contributed by atoms with van der Waals surface area (Å²) < 4.78 is 5.61. The van der Waals surface area contributed by atoms with Crippen LogP contribution in [0, 0.1) is 5.92 Å². The Labute approximate surface area is 198 Å². The van der Waals surface area contributed by atoms with Gasteiger partial charge < -0.3 is 25.6 Å². The standard InChI is InChI=1S/C26H30N2O6/c29-12-11-23(25(31)32)28-24(30)14-16-9-10-17(13-16)27-26(33)34-15-22-20-7-3-1-5-18(20)19-6-2-4-8-21(19)22/h1-8,16-17,22-23,29H,9-15H2,(H,27,33)(H,28,30)(H,31,32)/t16-,17+,23+/m0/s1. The number of rotatable bonds is 9. The number of carbonyl (C=O) groups excluding carboxylic acids is 2. The van der Waals surface area contributed by atoms with Crippen molar-refractivity contribution in [2.45, 2.75) is 50.1 Å². The number of hydrogen-bond donors (Lipinski definition) is 4. The monoisotopic (exact) mass is 466 g/mol. The van der Waals surface area contributed by atoms with E-state index in [0.29, 0.717) is 6.42 Å². The lowest BCUT2D eigenvalue weighted by Crippen LogP contribution is -2.42. The number of nitrogens with one attached hydrogen (secondary N) is 2. The molecule has 8 heteroatoms. The molecular weight excluding hydrogens is 436 g/mol. The van der Waals surface area contributed by atoms with Crippen molar-refractivity contribution >= 4 is 18.0 Å². The molecular formula is C26H30N2O6. The minimum atomic E-state index is -1.16. The largest absolute Gasteiger partial charge is 0.480 e. The first-order valence-corrected chi connectivity index (χ1v) is 11.7. The second kappa shape index (κ2) is 10.7. The number of carboxylic acid groups (broad SMARTS) is 1. The van der Waals surface area contributed by atoms with Gasteiger partial charge in [0.05, 0.1) is 0 Å². The molecule has 4 rings (SSSR count). The lowest BCUT2D eigenvalue weighted by atomic mass is 9.98. The molecule has 0 bridgehead atoms. The van der Waals surface area contributed by atoms with Crippen LogP contribution < -0.4 is 10.6 Å². The molecule has 34 heavy (non-hydrogen) atoms. The number of carbonyl (C=O) groups is 3. The highest BCUT2D eigenvalue weighted by atomic mass is 16.5. The van der Waals surface area contributed by atoms with Gasteiger partial charge >= 0.3 is 12.1 Å². The van der Waals surface area contributed by atoms with Crippen LogP contribution in [0.1, 0.15) is 49.1 Å². The second-order valence-electron chi connectivity index (χ2n) is 9.02. The van der Waals surface area contributed by atoms with Crippen LogP contribution in [0.2, 0.25) is 0 Å². The first kappa shape index (κ1) is 23.8. The van der Waals surface area contributed by atoms with Crippen LogP contribution in [0.25, 0.3) is 11.1 Å². The summed E-state index contributed by atoms with van der Waals surface area (Å²) in [6.07, 6.45) is 1.83. The quantitative estimate of drug-likeness (QED) is 0.450. The van der Waals surface area contributed by atoms with Crippen molar-refractivity contribution in [2.75, 3.05) is 13.2 Å². The van der Waals surface area contributed by atoms with Crippen LogP contribution in [0.15, 0.2) is 48.5 Å². The van der Waals surface area contributed by atoms with Gasteiger partial charge in [0.25, 0.3) is 0 Å². The van der Waals surface area contributed by atoms with Gasteiger partial charge in [0, 0.05) is 31.4 Å². The Morgan fingerprint density at radius 1 is 1.00 bits per heavy atom. The third-order valence-electron chi connectivity index (χ3n) is 6.73. The number of aliphatic carboxylic acids is 1. The molecule has 2 aliphatic rings. The summed E-state index contributed by atoms with van der Waals surface area (Å²) in [5.41, 5.74) is 4.66. The number of carboxylic acids is 1. The average molecular weight is 467 g/mol. The molecule has 4 N–H and O–H groups in total. The Morgan fingerprint density at radius 3 is 2.26 bits per heavy atom. The normalized spacial score (nSPS) is 19.7. The minimum Gasteiger partial charge on any atom is -0.480 e. The molecule has 2 aromatic rings. The summed E-state index contributed by atoms with van der Waals surface area (Å²) in [7, 11) is 0. The number of aliphatic hydroxyl groups is 1. The van der Waals surface area contributed by atoms with E-state index in [1.807, 2.05) is 24.3 Å². The molecule has 0 unspecified atom stereocenters. The van der Waals surface area contributed by atoms with Crippen molar-refractivity contribution in [1.82, 2.24) is 10.6 Å². The van der Waals surface area contributed by atoms with Gasteiger partial charge in [0.1, 0.15) is 12.6 Å². The van der Waals surface area contributed by atoms with E-state index in [9.17, 15) is 14.4 Å². The number of hydrogen-bond acceptors (Lipinski definition) is 5. The van der Waals surface area contributed by atoms with Crippen LogP contribution >= 0.6 is 0 Å². The van der Waals surface area contributed by atoms with E-state index < -0.39 is 18.1 Å².